The Morgan fingerprint density at radius 2 is 1.52 bits per heavy atom. The number of hydrogen-bond donors (Lipinski definition) is 0. The van der Waals surface area contributed by atoms with Gasteiger partial charge < -0.3 is 13.9 Å². The first-order valence-corrected chi connectivity index (χ1v) is 9.51. The number of rotatable bonds is 2. The first kappa shape index (κ1) is 14.2. The van der Waals surface area contributed by atoms with Crippen LogP contribution in [0, 0.1) is 17.8 Å². The number of hydrogen-bond acceptors (Lipinski definition) is 5. The van der Waals surface area contributed by atoms with Crippen LogP contribution in [0.15, 0.2) is 22.6 Å². The Morgan fingerprint density at radius 3 is 2.24 bits per heavy atom. The van der Waals surface area contributed by atoms with Crippen molar-refractivity contribution in [2.45, 2.75) is 43.9 Å². The standard InChI is InChI=1S/C20H22N2O3/c1-2-16-17(24-4-3-23-16)8-15(1)18-21-22-19(25-18)20-9-12-5-13(10-20)7-14(6-12)11-20/h1-2,8,12-14H,3-7,9-11H2. The van der Waals surface area contributed by atoms with Crippen molar-refractivity contribution in [2.24, 2.45) is 17.8 Å². The van der Waals surface area contributed by atoms with Gasteiger partial charge >= 0.3 is 0 Å². The highest BCUT2D eigenvalue weighted by atomic mass is 16.6. The molecule has 5 heteroatoms. The van der Waals surface area contributed by atoms with Crippen molar-refractivity contribution in [3.8, 4) is 23.0 Å². The molecule has 130 valence electrons. The summed E-state index contributed by atoms with van der Waals surface area (Å²) in [5, 5.41) is 8.89. The molecule has 0 spiro atoms. The van der Waals surface area contributed by atoms with Crippen molar-refractivity contribution in [3.05, 3.63) is 24.1 Å². The first-order chi connectivity index (χ1) is 12.3. The van der Waals surface area contributed by atoms with Crippen LogP contribution in [0.5, 0.6) is 11.5 Å². The van der Waals surface area contributed by atoms with Crippen LogP contribution < -0.4 is 9.47 Å². The summed E-state index contributed by atoms with van der Waals surface area (Å²) in [5.74, 6) is 5.64. The number of nitrogens with zero attached hydrogens (tertiary/aromatic N) is 2. The van der Waals surface area contributed by atoms with Gasteiger partial charge in [0.2, 0.25) is 11.8 Å². The van der Waals surface area contributed by atoms with E-state index in [9.17, 15) is 0 Å². The Labute approximate surface area is 146 Å². The molecule has 1 aromatic carbocycles. The molecule has 7 rings (SSSR count). The lowest BCUT2D eigenvalue weighted by Gasteiger charge is -2.55. The predicted octanol–water partition coefficient (Wildman–Crippen LogP) is 3.98. The fraction of sp³-hybridized carbons (Fsp3) is 0.600. The van der Waals surface area contributed by atoms with Gasteiger partial charge in [0.1, 0.15) is 13.2 Å². The third-order valence-corrected chi connectivity index (χ3v) is 6.71. The largest absolute Gasteiger partial charge is 0.486 e. The zero-order chi connectivity index (χ0) is 16.4. The van der Waals surface area contributed by atoms with Gasteiger partial charge in [-0.15, -0.1) is 10.2 Å². The molecule has 0 saturated heterocycles. The van der Waals surface area contributed by atoms with E-state index < -0.39 is 0 Å². The van der Waals surface area contributed by atoms with Crippen LogP contribution in [0.1, 0.15) is 44.4 Å². The van der Waals surface area contributed by atoms with Crippen LogP contribution in [0.25, 0.3) is 11.5 Å². The van der Waals surface area contributed by atoms with Crippen molar-refractivity contribution in [3.63, 3.8) is 0 Å². The van der Waals surface area contributed by atoms with Crippen LogP contribution in [0.2, 0.25) is 0 Å². The van der Waals surface area contributed by atoms with E-state index in [4.69, 9.17) is 13.9 Å². The zero-order valence-corrected chi connectivity index (χ0v) is 14.2. The van der Waals surface area contributed by atoms with E-state index in [2.05, 4.69) is 10.2 Å². The van der Waals surface area contributed by atoms with E-state index in [0.29, 0.717) is 19.1 Å². The number of benzene rings is 1. The van der Waals surface area contributed by atoms with E-state index in [1.54, 1.807) is 0 Å². The maximum absolute atomic E-state index is 6.23. The molecular formula is C20H22N2O3. The second kappa shape index (κ2) is 4.99. The number of fused-ring (bicyclic) bond motifs is 1. The fourth-order valence-corrected chi connectivity index (χ4v) is 6.10. The third kappa shape index (κ3) is 2.14. The summed E-state index contributed by atoms with van der Waals surface area (Å²) in [6.45, 7) is 1.18. The highest BCUT2D eigenvalue weighted by Gasteiger charge is 2.54. The summed E-state index contributed by atoms with van der Waals surface area (Å²) in [4.78, 5) is 0. The average molecular weight is 338 g/mol. The molecule has 0 N–H and O–H groups in total. The van der Waals surface area contributed by atoms with E-state index in [0.717, 1.165) is 40.7 Å². The second-order valence-electron chi connectivity index (χ2n) is 8.47. The van der Waals surface area contributed by atoms with Gasteiger partial charge in [-0.2, -0.15) is 0 Å². The zero-order valence-electron chi connectivity index (χ0n) is 14.2. The highest BCUT2D eigenvalue weighted by Crippen LogP contribution is 2.60. The molecule has 5 aliphatic rings. The van der Waals surface area contributed by atoms with Crippen LogP contribution in [-0.4, -0.2) is 23.4 Å². The Kier molecular flexibility index (Phi) is 2.83. The maximum Gasteiger partial charge on any atom is 0.247 e. The SMILES string of the molecule is c1cc2c(cc1-c1nnc(C34CC5CC(CC(C5)C3)C4)o1)OCCO2. The summed E-state index contributed by atoms with van der Waals surface area (Å²) >= 11 is 0. The Bertz CT molecular complexity index is 793. The van der Waals surface area contributed by atoms with Crippen molar-refractivity contribution < 1.29 is 13.9 Å². The minimum atomic E-state index is 0.147. The fourth-order valence-electron chi connectivity index (χ4n) is 6.10. The lowest BCUT2D eigenvalue weighted by Crippen LogP contribution is -2.48. The predicted molar refractivity (Wildman–Crippen MR) is 90.6 cm³/mol. The molecule has 1 aliphatic heterocycles. The first-order valence-electron chi connectivity index (χ1n) is 9.51. The van der Waals surface area contributed by atoms with Crippen LogP contribution in [0.3, 0.4) is 0 Å². The van der Waals surface area contributed by atoms with Gasteiger partial charge in [0, 0.05) is 11.0 Å². The molecule has 4 aliphatic carbocycles. The van der Waals surface area contributed by atoms with Gasteiger partial charge in [0.05, 0.1) is 0 Å². The topological polar surface area (TPSA) is 57.4 Å². The normalized spacial score (nSPS) is 35.1. The minimum Gasteiger partial charge on any atom is -0.486 e. The molecule has 4 bridgehead atoms. The van der Waals surface area contributed by atoms with Crippen molar-refractivity contribution >= 4 is 0 Å². The molecule has 5 nitrogen and oxygen atoms in total. The molecule has 0 amide bonds. The Balaban J connectivity index is 1.35. The Morgan fingerprint density at radius 1 is 0.840 bits per heavy atom. The van der Waals surface area contributed by atoms with E-state index in [1.165, 1.54) is 38.5 Å². The van der Waals surface area contributed by atoms with Crippen LogP contribution >= 0.6 is 0 Å². The number of aromatic nitrogens is 2. The lowest BCUT2D eigenvalue weighted by atomic mass is 9.49. The van der Waals surface area contributed by atoms with E-state index in [1.807, 2.05) is 18.2 Å². The smallest absolute Gasteiger partial charge is 0.247 e. The summed E-state index contributed by atoms with van der Waals surface area (Å²) < 4.78 is 17.5. The summed E-state index contributed by atoms with van der Waals surface area (Å²) in [5.41, 5.74) is 1.06. The van der Waals surface area contributed by atoms with Gasteiger partial charge in [-0.3, -0.25) is 0 Å². The van der Waals surface area contributed by atoms with E-state index >= 15 is 0 Å². The van der Waals surface area contributed by atoms with Gasteiger partial charge in [0.15, 0.2) is 11.5 Å². The third-order valence-electron chi connectivity index (χ3n) is 6.71. The van der Waals surface area contributed by atoms with Crippen molar-refractivity contribution in [1.82, 2.24) is 10.2 Å². The van der Waals surface area contributed by atoms with Gasteiger partial charge in [0.25, 0.3) is 0 Å². The van der Waals surface area contributed by atoms with E-state index in [-0.39, 0.29) is 5.41 Å². The molecule has 0 atom stereocenters. The molecule has 0 radical (unpaired) electrons. The molecule has 1 aromatic heterocycles. The molecule has 25 heavy (non-hydrogen) atoms. The lowest BCUT2D eigenvalue weighted by molar-refractivity contribution is -0.0176. The van der Waals surface area contributed by atoms with Crippen LogP contribution in [-0.2, 0) is 5.41 Å². The number of ether oxygens (including phenoxy) is 2. The quantitative estimate of drug-likeness (QED) is 0.829. The molecule has 4 saturated carbocycles. The molecule has 4 fully saturated rings. The van der Waals surface area contributed by atoms with Crippen LogP contribution in [0.4, 0.5) is 0 Å². The molecular weight excluding hydrogens is 316 g/mol. The summed E-state index contributed by atoms with van der Waals surface area (Å²) in [7, 11) is 0. The monoisotopic (exact) mass is 338 g/mol. The van der Waals surface area contributed by atoms with Gasteiger partial charge in [-0.25, -0.2) is 0 Å². The Hall–Kier alpha value is -2.04. The maximum atomic E-state index is 6.23. The van der Waals surface area contributed by atoms with Gasteiger partial charge in [-0.05, 0) is 74.5 Å². The average Bonchev–Trinajstić information content (AvgIpc) is 3.11. The summed E-state index contributed by atoms with van der Waals surface area (Å²) in [6, 6.07) is 5.86. The highest BCUT2D eigenvalue weighted by molar-refractivity contribution is 5.60. The molecule has 2 aromatic rings. The van der Waals surface area contributed by atoms with Crippen molar-refractivity contribution in [1.29, 1.82) is 0 Å². The molecule has 2 heterocycles. The molecule has 0 unspecified atom stereocenters. The van der Waals surface area contributed by atoms with Gasteiger partial charge in [-0.1, -0.05) is 0 Å². The second-order valence-corrected chi connectivity index (χ2v) is 8.47. The summed E-state index contributed by atoms with van der Waals surface area (Å²) in [6.07, 6.45) is 7.97. The van der Waals surface area contributed by atoms with Crippen molar-refractivity contribution in [2.75, 3.05) is 13.2 Å². The minimum absolute atomic E-state index is 0.147.